The number of carbonyl (C=O) groups is 2. The number of esters is 1. The molecule has 7 heteroatoms. The number of fused-ring (bicyclic) bond motifs is 1. The van der Waals surface area contributed by atoms with Gasteiger partial charge in [0.15, 0.2) is 0 Å². The van der Waals surface area contributed by atoms with Crippen LogP contribution >= 0.6 is 0 Å². The molecule has 0 fully saturated rings. The van der Waals surface area contributed by atoms with Crippen molar-refractivity contribution < 1.29 is 23.5 Å². The highest BCUT2D eigenvalue weighted by Crippen LogP contribution is 2.23. The Hall–Kier alpha value is -2.83. The molecule has 29 heavy (non-hydrogen) atoms. The highest BCUT2D eigenvalue weighted by atomic mass is 16.6. The third-order valence-electron chi connectivity index (χ3n) is 4.08. The van der Waals surface area contributed by atoms with E-state index in [4.69, 9.17) is 13.9 Å². The first-order valence-electron chi connectivity index (χ1n) is 9.76. The molecule has 1 amide bonds. The monoisotopic (exact) mass is 403 g/mol. The zero-order chi connectivity index (χ0) is 21.8. The normalized spacial score (nSPS) is 12.7. The van der Waals surface area contributed by atoms with E-state index in [2.05, 4.69) is 5.32 Å². The molecular formula is C22H29NO6. The molecule has 0 saturated heterocycles. The second-order valence-electron chi connectivity index (χ2n) is 8.35. The largest absolute Gasteiger partial charge is 0.444 e. The number of hydrogen-bond donors (Lipinski definition) is 1. The minimum Gasteiger partial charge on any atom is -0.444 e. The summed E-state index contributed by atoms with van der Waals surface area (Å²) in [7, 11) is 0. The standard InChI is InChI=1S/C22H29NO6/c1-7-14-11-19(24)28-18-12-15(8-9-16(14)18)27-20(25)17(10-13(2)3)23-21(26)29-22(4,5)6/h8-9,11-13,17H,7,10H2,1-6H3,(H,23,26). The molecule has 1 unspecified atom stereocenters. The SMILES string of the molecule is CCc1cc(=O)oc2cc(OC(=O)C(CC(C)C)NC(=O)OC(C)(C)C)ccc12. The van der Waals surface area contributed by atoms with E-state index >= 15 is 0 Å². The van der Waals surface area contributed by atoms with E-state index in [1.165, 1.54) is 12.1 Å². The Morgan fingerprint density at radius 1 is 1.17 bits per heavy atom. The molecule has 0 radical (unpaired) electrons. The van der Waals surface area contributed by atoms with Crippen LogP contribution in [0.25, 0.3) is 11.0 Å². The molecule has 7 nitrogen and oxygen atoms in total. The second-order valence-corrected chi connectivity index (χ2v) is 8.35. The number of alkyl carbamates (subject to hydrolysis) is 1. The lowest BCUT2D eigenvalue weighted by Gasteiger charge is -2.23. The topological polar surface area (TPSA) is 94.8 Å². The first-order valence-corrected chi connectivity index (χ1v) is 9.76. The maximum Gasteiger partial charge on any atom is 0.408 e. The van der Waals surface area contributed by atoms with Crippen molar-refractivity contribution in [3.8, 4) is 5.75 Å². The smallest absolute Gasteiger partial charge is 0.408 e. The van der Waals surface area contributed by atoms with Gasteiger partial charge in [-0.25, -0.2) is 14.4 Å². The summed E-state index contributed by atoms with van der Waals surface area (Å²) in [5, 5.41) is 3.37. The van der Waals surface area contributed by atoms with Gasteiger partial charge in [0.2, 0.25) is 0 Å². The van der Waals surface area contributed by atoms with Gasteiger partial charge in [-0.05, 0) is 57.2 Å². The Morgan fingerprint density at radius 3 is 2.45 bits per heavy atom. The van der Waals surface area contributed by atoms with Gasteiger partial charge in [0.1, 0.15) is 23.0 Å². The number of ether oxygens (including phenoxy) is 2. The summed E-state index contributed by atoms with van der Waals surface area (Å²) in [6, 6.07) is 5.48. The third-order valence-corrected chi connectivity index (χ3v) is 4.08. The van der Waals surface area contributed by atoms with E-state index in [0.29, 0.717) is 18.4 Å². The predicted octanol–water partition coefficient (Wildman–Crippen LogP) is 4.20. The van der Waals surface area contributed by atoms with E-state index < -0.39 is 29.3 Å². The summed E-state index contributed by atoms with van der Waals surface area (Å²) in [6.07, 6.45) is 0.385. The van der Waals surface area contributed by atoms with Crippen LogP contribution in [0.1, 0.15) is 53.5 Å². The lowest BCUT2D eigenvalue weighted by molar-refractivity contribution is -0.137. The number of amides is 1. The molecule has 1 atom stereocenters. The molecule has 2 aromatic rings. The van der Waals surface area contributed by atoms with Crippen LogP contribution in [-0.2, 0) is 16.0 Å². The molecule has 1 heterocycles. The Bertz CT molecular complexity index is 938. The molecular weight excluding hydrogens is 374 g/mol. The van der Waals surface area contributed by atoms with Gasteiger partial charge >= 0.3 is 17.7 Å². The van der Waals surface area contributed by atoms with Crippen molar-refractivity contribution in [3.05, 3.63) is 40.2 Å². The molecule has 0 bridgehead atoms. The van der Waals surface area contributed by atoms with Crippen molar-refractivity contribution in [1.82, 2.24) is 5.32 Å². The number of nitrogens with one attached hydrogen (secondary N) is 1. The van der Waals surface area contributed by atoms with Gasteiger partial charge in [0, 0.05) is 17.5 Å². The molecule has 0 aliphatic carbocycles. The first kappa shape index (κ1) is 22.5. The van der Waals surface area contributed by atoms with Crippen LogP contribution in [0.4, 0.5) is 4.79 Å². The van der Waals surface area contributed by atoms with Gasteiger partial charge in [-0.1, -0.05) is 20.8 Å². The van der Waals surface area contributed by atoms with Crippen molar-refractivity contribution in [2.45, 2.75) is 66.0 Å². The minimum absolute atomic E-state index is 0.143. The zero-order valence-electron chi connectivity index (χ0n) is 17.8. The minimum atomic E-state index is -0.866. The van der Waals surface area contributed by atoms with Gasteiger partial charge in [-0.2, -0.15) is 0 Å². The van der Waals surface area contributed by atoms with Crippen LogP contribution in [0.5, 0.6) is 5.75 Å². The Labute approximate surface area is 170 Å². The van der Waals surface area contributed by atoms with E-state index in [1.807, 2.05) is 20.8 Å². The maximum atomic E-state index is 12.7. The average Bonchev–Trinajstić information content (AvgIpc) is 2.57. The van der Waals surface area contributed by atoms with Crippen LogP contribution in [0, 0.1) is 5.92 Å². The Morgan fingerprint density at radius 2 is 1.86 bits per heavy atom. The van der Waals surface area contributed by atoms with Gasteiger partial charge in [-0.3, -0.25) is 0 Å². The van der Waals surface area contributed by atoms with Crippen molar-refractivity contribution in [3.63, 3.8) is 0 Å². The van der Waals surface area contributed by atoms with Crippen molar-refractivity contribution in [2.75, 3.05) is 0 Å². The second kappa shape index (κ2) is 9.11. The molecule has 1 aromatic heterocycles. The highest BCUT2D eigenvalue weighted by molar-refractivity contribution is 5.85. The van der Waals surface area contributed by atoms with E-state index in [-0.39, 0.29) is 11.7 Å². The maximum absolute atomic E-state index is 12.7. The fourth-order valence-electron chi connectivity index (χ4n) is 2.89. The highest BCUT2D eigenvalue weighted by Gasteiger charge is 2.27. The van der Waals surface area contributed by atoms with Crippen molar-refractivity contribution in [1.29, 1.82) is 0 Å². The van der Waals surface area contributed by atoms with Crippen molar-refractivity contribution >= 4 is 23.0 Å². The lowest BCUT2D eigenvalue weighted by Crippen LogP contribution is -2.45. The van der Waals surface area contributed by atoms with Gasteiger partial charge in [0.25, 0.3) is 0 Å². The summed E-state index contributed by atoms with van der Waals surface area (Å²) in [5.74, 6) is -0.235. The van der Waals surface area contributed by atoms with Gasteiger partial charge < -0.3 is 19.2 Å². The summed E-state index contributed by atoms with van der Waals surface area (Å²) < 4.78 is 15.9. The summed E-state index contributed by atoms with van der Waals surface area (Å²) in [5.41, 5.74) is 0.0733. The number of carbonyl (C=O) groups excluding carboxylic acids is 2. The van der Waals surface area contributed by atoms with E-state index in [9.17, 15) is 14.4 Å². The number of benzene rings is 1. The summed E-state index contributed by atoms with van der Waals surface area (Å²) >= 11 is 0. The molecule has 158 valence electrons. The lowest BCUT2D eigenvalue weighted by atomic mass is 10.0. The Kier molecular flexibility index (Phi) is 7.06. The molecule has 0 spiro atoms. The summed E-state index contributed by atoms with van der Waals surface area (Å²) in [6.45, 7) is 11.1. The van der Waals surface area contributed by atoms with Crippen LogP contribution in [0.2, 0.25) is 0 Å². The van der Waals surface area contributed by atoms with Gasteiger partial charge in [-0.15, -0.1) is 0 Å². The number of hydrogen-bond acceptors (Lipinski definition) is 6. The quantitative estimate of drug-likeness (QED) is 0.441. The zero-order valence-corrected chi connectivity index (χ0v) is 17.8. The van der Waals surface area contributed by atoms with Crippen LogP contribution in [0.3, 0.4) is 0 Å². The van der Waals surface area contributed by atoms with E-state index in [1.54, 1.807) is 32.9 Å². The molecule has 1 N–H and O–H groups in total. The average molecular weight is 403 g/mol. The molecule has 0 aliphatic heterocycles. The van der Waals surface area contributed by atoms with Gasteiger partial charge in [0.05, 0.1) is 0 Å². The third kappa shape index (κ3) is 6.62. The van der Waals surface area contributed by atoms with Crippen molar-refractivity contribution in [2.24, 2.45) is 5.92 Å². The fourth-order valence-corrected chi connectivity index (χ4v) is 2.89. The van der Waals surface area contributed by atoms with Crippen LogP contribution in [0.15, 0.2) is 33.5 Å². The predicted molar refractivity (Wildman–Crippen MR) is 110 cm³/mol. The Balaban J connectivity index is 2.21. The molecule has 0 aliphatic rings. The first-order chi connectivity index (χ1) is 13.5. The number of aryl methyl sites for hydroxylation is 1. The van der Waals surface area contributed by atoms with Crippen LogP contribution in [-0.4, -0.2) is 23.7 Å². The number of rotatable bonds is 6. The van der Waals surface area contributed by atoms with Crippen LogP contribution < -0.4 is 15.7 Å². The molecule has 0 saturated carbocycles. The summed E-state index contributed by atoms with van der Waals surface area (Å²) in [4.78, 5) is 36.5. The molecule has 2 rings (SSSR count). The van der Waals surface area contributed by atoms with E-state index in [0.717, 1.165) is 10.9 Å². The fraction of sp³-hybridized carbons (Fsp3) is 0.500. The molecule has 1 aromatic carbocycles.